The van der Waals surface area contributed by atoms with Crippen molar-refractivity contribution in [3.63, 3.8) is 0 Å². The van der Waals surface area contributed by atoms with Crippen LogP contribution in [0.25, 0.3) is 85.9 Å². The molecular weight excluding hydrogens is 651 g/mol. The Balaban J connectivity index is 1.23. The van der Waals surface area contributed by atoms with Gasteiger partial charge in [0.15, 0.2) is 0 Å². The van der Waals surface area contributed by atoms with Crippen molar-refractivity contribution >= 4 is 103 Å². The number of anilines is 3. The summed E-state index contributed by atoms with van der Waals surface area (Å²) < 4.78 is 7.60. The molecule has 0 unspecified atom stereocenters. The van der Waals surface area contributed by atoms with Crippen LogP contribution in [-0.2, 0) is 0 Å². The van der Waals surface area contributed by atoms with E-state index in [0.29, 0.717) is 0 Å². The predicted octanol–water partition coefficient (Wildman–Crippen LogP) is 13.7. The first kappa shape index (κ1) is 28.1. The van der Waals surface area contributed by atoms with Gasteiger partial charge in [0.2, 0.25) is 0 Å². The number of para-hydroxylation sites is 2. The van der Waals surface area contributed by atoms with E-state index in [1.807, 2.05) is 11.3 Å². The number of hydrogen-bond acceptors (Lipinski definition) is 2. The Hall–Kier alpha value is -6.62. The highest BCUT2D eigenvalue weighted by molar-refractivity contribution is 7.26. The maximum atomic E-state index is 2.52. The Morgan fingerprint density at radius 1 is 0.365 bits per heavy atom. The molecule has 12 aromatic rings. The molecule has 242 valence electrons. The first-order chi connectivity index (χ1) is 25.8. The normalized spacial score (nSPS) is 12.2. The zero-order valence-electron chi connectivity index (χ0n) is 28.0. The van der Waals surface area contributed by atoms with Crippen LogP contribution in [0, 0.1) is 0 Å². The van der Waals surface area contributed by atoms with Gasteiger partial charge in [-0.25, -0.2) is 0 Å². The molecule has 12 rings (SSSR count). The summed E-state index contributed by atoms with van der Waals surface area (Å²) in [6.45, 7) is 0. The molecule has 3 nitrogen and oxygen atoms in total. The highest BCUT2D eigenvalue weighted by Gasteiger charge is 2.24. The lowest BCUT2D eigenvalue weighted by molar-refractivity contribution is 1.24. The van der Waals surface area contributed by atoms with E-state index in [9.17, 15) is 0 Å². The minimum atomic E-state index is 1.12. The molecule has 52 heavy (non-hydrogen) atoms. The molecule has 0 radical (unpaired) electrons. The number of fused-ring (bicyclic) bond motifs is 12. The number of rotatable bonds is 4. The van der Waals surface area contributed by atoms with Gasteiger partial charge in [0.1, 0.15) is 0 Å². The SMILES string of the molecule is c1ccc(-c2cccc(N(c3ccc4c(c3)n3c5ccccc5c5ccc6c7ccccc7n4c6c53)c3cccc4sc5ccccc5c34)c2)cc1. The second kappa shape index (κ2) is 10.5. The first-order valence-corrected chi connectivity index (χ1v) is 18.6. The third-order valence-corrected chi connectivity index (χ3v) is 12.1. The zero-order chi connectivity index (χ0) is 33.9. The van der Waals surface area contributed by atoms with E-state index in [4.69, 9.17) is 0 Å². The van der Waals surface area contributed by atoms with E-state index < -0.39 is 0 Å². The molecule has 0 N–H and O–H groups in total. The van der Waals surface area contributed by atoms with Gasteiger partial charge in [0.25, 0.3) is 0 Å². The van der Waals surface area contributed by atoms with Gasteiger partial charge in [-0.2, -0.15) is 0 Å². The monoisotopic (exact) mass is 679 g/mol. The van der Waals surface area contributed by atoms with E-state index >= 15 is 0 Å². The number of thiophene rings is 1. The third-order valence-electron chi connectivity index (χ3n) is 11.0. The summed E-state index contributed by atoms with van der Waals surface area (Å²) in [5.74, 6) is 0. The molecule has 0 amide bonds. The zero-order valence-corrected chi connectivity index (χ0v) is 28.8. The minimum absolute atomic E-state index is 1.12. The number of benzene rings is 8. The molecule has 4 heteroatoms. The molecule has 0 bridgehead atoms. The van der Waals surface area contributed by atoms with E-state index in [1.165, 1.54) is 91.6 Å². The standard InChI is InChI=1S/C48H29N3S/c1-2-12-30(13-3-1)31-14-10-15-32(28-31)49(42-21-11-23-45-46(42)38-18-6-9-22-44(38)52-45)33-24-27-41-43(29-33)51-40-20-8-5-17-35(40)37-26-25-36-34-16-4-7-19-39(34)50(41)47(36)48(37)51/h1-29H. The molecule has 0 saturated carbocycles. The number of hydrogen-bond donors (Lipinski definition) is 0. The number of aromatic nitrogens is 2. The van der Waals surface area contributed by atoms with Crippen LogP contribution in [0.2, 0.25) is 0 Å². The molecule has 0 saturated heterocycles. The van der Waals surface area contributed by atoms with Gasteiger partial charge in [0.05, 0.1) is 38.8 Å². The lowest BCUT2D eigenvalue weighted by atomic mass is 10.0. The molecule has 4 heterocycles. The van der Waals surface area contributed by atoms with Crippen LogP contribution in [0.15, 0.2) is 176 Å². The largest absolute Gasteiger partial charge is 0.310 e. The second-order valence-corrected chi connectivity index (χ2v) is 14.8. The van der Waals surface area contributed by atoms with Crippen LogP contribution >= 0.6 is 11.3 Å². The third kappa shape index (κ3) is 3.74. The van der Waals surface area contributed by atoms with Crippen LogP contribution in [0.1, 0.15) is 0 Å². The summed E-state index contributed by atoms with van der Waals surface area (Å²) in [5.41, 5.74) is 13.2. The molecule has 0 fully saturated rings. The average Bonchev–Trinajstić information content (AvgIpc) is 3.87. The smallest absolute Gasteiger partial charge is 0.0789 e. The Bertz CT molecular complexity index is 3360. The topological polar surface area (TPSA) is 12.1 Å². The van der Waals surface area contributed by atoms with E-state index in [1.54, 1.807) is 0 Å². The van der Waals surface area contributed by atoms with Crippen molar-refractivity contribution in [1.82, 2.24) is 8.80 Å². The summed E-state index contributed by atoms with van der Waals surface area (Å²) in [5, 5.41) is 7.69. The Kier molecular flexibility index (Phi) is 5.65. The predicted molar refractivity (Wildman–Crippen MR) is 223 cm³/mol. The van der Waals surface area contributed by atoms with Crippen LogP contribution in [-0.4, -0.2) is 8.80 Å². The van der Waals surface area contributed by atoms with Gasteiger partial charge < -0.3 is 13.7 Å². The summed E-state index contributed by atoms with van der Waals surface area (Å²) in [4.78, 5) is 2.47. The molecule has 0 aliphatic heterocycles. The van der Waals surface area contributed by atoms with E-state index in [0.717, 1.165) is 11.4 Å². The lowest BCUT2D eigenvalue weighted by Crippen LogP contribution is -2.11. The molecule has 0 aliphatic rings. The van der Waals surface area contributed by atoms with Gasteiger partial charge >= 0.3 is 0 Å². The fourth-order valence-electron chi connectivity index (χ4n) is 8.84. The molecular formula is C48H29N3S. The van der Waals surface area contributed by atoms with Crippen molar-refractivity contribution in [3.8, 4) is 11.1 Å². The van der Waals surface area contributed by atoms with Crippen molar-refractivity contribution < 1.29 is 0 Å². The maximum absolute atomic E-state index is 2.52. The highest BCUT2D eigenvalue weighted by atomic mass is 32.1. The fraction of sp³-hybridized carbons (Fsp3) is 0. The maximum Gasteiger partial charge on any atom is 0.0789 e. The lowest BCUT2D eigenvalue weighted by Gasteiger charge is -2.27. The van der Waals surface area contributed by atoms with Crippen LogP contribution in [0.5, 0.6) is 0 Å². The Morgan fingerprint density at radius 3 is 1.73 bits per heavy atom. The minimum Gasteiger partial charge on any atom is -0.310 e. The molecule has 4 aromatic heterocycles. The summed E-state index contributed by atoms with van der Waals surface area (Å²) in [6.07, 6.45) is 0. The summed E-state index contributed by atoms with van der Waals surface area (Å²) in [7, 11) is 0. The van der Waals surface area contributed by atoms with Crippen molar-refractivity contribution in [1.29, 1.82) is 0 Å². The fourth-order valence-corrected chi connectivity index (χ4v) is 9.97. The van der Waals surface area contributed by atoms with Gasteiger partial charge in [-0.05, 0) is 71.8 Å². The van der Waals surface area contributed by atoms with Crippen LogP contribution < -0.4 is 4.90 Å². The van der Waals surface area contributed by atoms with Crippen molar-refractivity contribution in [2.45, 2.75) is 0 Å². The van der Waals surface area contributed by atoms with Gasteiger partial charge in [-0.15, -0.1) is 11.3 Å². The van der Waals surface area contributed by atoms with Crippen LogP contribution in [0.3, 0.4) is 0 Å². The van der Waals surface area contributed by atoms with Gasteiger partial charge in [0, 0.05) is 53.1 Å². The number of nitrogens with zero attached hydrogens (tertiary/aromatic N) is 3. The van der Waals surface area contributed by atoms with Crippen molar-refractivity contribution in [2.75, 3.05) is 4.90 Å². The summed E-state index contributed by atoms with van der Waals surface area (Å²) in [6, 6.07) is 64.7. The molecule has 0 atom stereocenters. The van der Waals surface area contributed by atoms with Crippen molar-refractivity contribution in [2.24, 2.45) is 0 Å². The van der Waals surface area contributed by atoms with E-state index in [2.05, 4.69) is 190 Å². The van der Waals surface area contributed by atoms with Gasteiger partial charge in [-0.1, -0.05) is 115 Å². The quantitative estimate of drug-likeness (QED) is 0.169. The Morgan fingerprint density at radius 2 is 0.962 bits per heavy atom. The Labute approximate surface area is 302 Å². The molecule has 0 aliphatic carbocycles. The second-order valence-electron chi connectivity index (χ2n) is 13.7. The van der Waals surface area contributed by atoms with Gasteiger partial charge in [-0.3, -0.25) is 0 Å². The molecule has 0 spiro atoms. The van der Waals surface area contributed by atoms with Crippen molar-refractivity contribution in [3.05, 3.63) is 176 Å². The van der Waals surface area contributed by atoms with E-state index in [-0.39, 0.29) is 0 Å². The summed E-state index contributed by atoms with van der Waals surface area (Å²) >= 11 is 1.86. The first-order valence-electron chi connectivity index (χ1n) is 17.8. The molecule has 8 aromatic carbocycles. The highest BCUT2D eigenvalue weighted by Crippen LogP contribution is 2.47. The average molecular weight is 680 g/mol. The van der Waals surface area contributed by atoms with Crippen LogP contribution in [0.4, 0.5) is 17.1 Å².